The van der Waals surface area contributed by atoms with Crippen LogP contribution in [0.4, 0.5) is 5.69 Å². The minimum atomic E-state index is -0.920. The second kappa shape index (κ2) is 10.3. The molecule has 1 saturated heterocycles. The highest BCUT2D eigenvalue weighted by molar-refractivity contribution is 6.46. The Morgan fingerprint density at radius 3 is 2.58 bits per heavy atom. The Bertz CT molecular complexity index is 1090. The van der Waals surface area contributed by atoms with Crippen LogP contribution in [0.2, 0.25) is 0 Å². The van der Waals surface area contributed by atoms with E-state index in [9.17, 15) is 24.8 Å². The lowest BCUT2D eigenvalue weighted by molar-refractivity contribution is -0.384. The number of para-hydroxylation sites is 1. The first-order valence-electron chi connectivity index (χ1n) is 10.5. The van der Waals surface area contributed by atoms with E-state index in [1.807, 2.05) is 13.8 Å². The summed E-state index contributed by atoms with van der Waals surface area (Å²) < 4.78 is 11.0. The van der Waals surface area contributed by atoms with Crippen molar-refractivity contribution in [2.75, 3.05) is 20.3 Å². The summed E-state index contributed by atoms with van der Waals surface area (Å²) in [6.45, 7) is 4.31. The molecule has 1 aliphatic rings. The zero-order valence-corrected chi connectivity index (χ0v) is 18.7. The van der Waals surface area contributed by atoms with Crippen LogP contribution in [0.25, 0.3) is 5.76 Å². The Kier molecular flexibility index (Phi) is 7.44. The Morgan fingerprint density at radius 1 is 1.18 bits per heavy atom. The number of nitrogens with zero attached hydrogens (tertiary/aromatic N) is 2. The first-order valence-corrected chi connectivity index (χ1v) is 10.5. The van der Waals surface area contributed by atoms with Crippen LogP contribution in [-0.2, 0) is 14.3 Å². The third-order valence-electron chi connectivity index (χ3n) is 5.19. The lowest BCUT2D eigenvalue weighted by Crippen LogP contribution is -2.31. The van der Waals surface area contributed by atoms with Crippen LogP contribution < -0.4 is 4.74 Å². The number of non-ortho nitro benzene ring substituents is 1. The lowest BCUT2D eigenvalue weighted by atomic mass is 9.94. The predicted molar refractivity (Wildman–Crippen MR) is 121 cm³/mol. The van der Waals surface area contributed by atoms with Gasteiger partial charge in [-0.05, 0) is 26.3 Å². The molecular weight excluding hydrogens is 428 g/mol. The van der Waals surface area contributed by atoms with Crippen molar-refractivity contribution in [2.45, 2.75) is 32.4 Å². The summed E-state index contributed by atoms with van der Waals surface area (Å²) in [7, 11) is 1.54. The second-order valence-electron chi connectivity index (χ2n) is 7.85. The number of ketones is 1. The van der Waals surface area contributed by atoms with Crippen LogP contribution in [0.1, 0.15) is 37.4 Å². The third-order valence-corrected chi connectivity index (χ3v) is 5.19. The maximum Gasteiger partial charge on any atom is 0.295 e. The number of benzene rings is 2. The number of nitro groups is 1. The van der Waals surface area contributed by atoms with Crippen molar-refractivity contribution in [3.05, 3.63) is 75.3 Å². The summed E-state index contributed by atoms with van der Waals surface area (Å²) in [4.78, 5) is 38.0. The number of Topliss-reactive ketones (excluding diaryl/α,β-unsaturated/α-hetero) is 1. The van der Waals surface area contributed by atoms with Gasteiger partial charge in [0.15, 0.2) is 0 Å². The van der Waals surface area contributed by atoms with E-state index < -0.39 is 28.4 Å². The summed E-state index contributed by atoms with van der Waals surface area (Å²) in [5, 5.41) is 22.3. The van der Waals surface area contributed by atoms with Crippen LogP contribution in [-0.4, -0.2) is 53.0 Å². The summed E-state index contributed by atoms with van der Waals surface area (Å²) >= 11 is 0. The number of ether oxygens (including phenoxy) is 2. The molecule has 1 atom stereocenters. The number of aliphatic hydroxyl groups excluding tert-OH is 1. The van der Waals surface area contributed by atoms with Gasteiger partial charge in [0.2, 0.25) is 0 Å². The Balaban J connectivity index is 2.20. The molecule has 174 valence electrons. The van der Waals surface area contributed by atoms with Crippen LogP contribution in [0.5, 0.6) is 5.75 Å². The highest BCUT2D eigenvalue weighted by Crippen LogP contribution is 2.43. The zero-order chi connectivity index (χ0) is 24.1. The highest BCUT2D eigenvalue weighted by Gasteiger charge is 2.46. The molecule has 1 fully saturated rings. The molecule has 9 heteroatoms. The van der Waals surface area contributed by atoms with Crippen molar-refractivity contribution in [2.24, 2.45) is 0 Å². The Labute approximate surface area is 191 Å². The normalized spacial score (nSPS) is 17.6. The third kappa shape index (κ3) is 5.04. The Morgan fingerprint density at radius 2 is 1.91 bits per heavy atom. The van der Waals surface area contributed by atoms with Crippen molar-refractivity contribution in [3.63, 3.8) is 0 Å². The highest BCUT2D eigenvalue weighted by atomic mass is 16.6. The van der Waals surface area contributed by atoms with Crippen LogP contribution in [0, 0.1) is 10.1 Å². The maximum absolute atomic E-state index is 13.1. The van der Waals surface area contributed by atoms with Gasteiger partial charge in [-0.15, -0.1) is 0 Å². The van der Waals surface area contributed by atoms with Crippen LogP contribution >= 0.6 is 0 Å². The van der Waals surface area contributed by atoms with Crippen LogP contribution in [0.3, 0.4) is 0 Å². The van der Waals surface area contributed by atoms with Crippen molar-refractivity contribution in [3.8, 4) is 5.75 Å². The quantitative estimate of drug-likeness (QED) is 0.153. The van der Waals surface area contributed by atoms with Gasteiger partial charge in [-0.25, -0.2) is 0 Å². The van der Waals surface area contributed by atoms with E-state index >= 15 is 0 Å². The summed E-state index contributed by atoms with van der Waals surface area (Å²) in [6.07, 6.45) is 0.308. The van der Waals surface area contributed by atoms with Gasteiger partial charge >= 0.3 is 0 Å². The topological polar surface area (TPSA) is 119 Å². The molecule has 1 heterocycles. The standard InChI is InChI=1S/C24H26N2O7/c1-15(2)33-19-11-5-4-10-18(19)21-20(23(28)24(29)25(21)12-7-13-32-3)22(27)16-8-6-9-17(14-16)26(30)31/h4-6,8-11,14-15,21,27H,7,12-13H2,1-3H3/b22-20-. The summed E-state index contributed by atoms with van der Waals surface area (Å²) in [5.41, 5.74) is 0.229. The number of hydrogen-bond donors (Lipinski definition) is 1. The average Bonchev–Trinajstić information content (AvgIpc) is 3.03. The number of methoxy groups -OCH3 is 1. The largest absolute Gasteiger partial charge is 0.507 e. The first-order chi connectivity index (χ1) is 15.8. The number of amides is 1. The molecule has 0 bridgehead atoms. The van der Waals surface area contributed by atoms with Gasteiger partial charge < -0.3 is 19.5 Å². The molecule has 1 unspecified atom stereocenters. The van der Waals surface area contributed by atoms with E-state index in [-0.39, 0.29) is 29.5 Å². The number of carbonyl (C=O) groups is 2. The average molecular weight is 454 g/mol. The van der Waals surface area contributed by atoms with E-state index in [0.717, 1.165) is 0 Å². The van der Waals surface area contributed by atoms with E-state index in [1.54, 1.807) is 31.4 Å². The zero-order valence-electron chi connectivity index (χ0n) is 18.7. The fourth-order valence-corrected chi connectivity index (χ4v) is 3.80. The number of carbonyl (C=O) groups excluding carboxylic acids is 2. The molecule has 1 N–H and O–H groups in total. The van der Waals surface area contributed by atoms with Crippen molar-refractivity contribution in [1.82, 2.24) is 4.90 Å². The number of nitro benzene ring substituents is 1. The van der Waals surface area contributed by atoms with Gasteiger partial charge in [-0.3, -0.25) is 19.7 Å². The van der Waals surface area contributed by atoms with Gasteiger partial charge in [-0.2, -0.15) is 0 Å². The molecule has 2 aromatic rings. The monoisotopic (exact) mass is 454 g/mol. The molecule has 33 heavy (non-hydrogen) atoms. The minimum Gasteiger partial charge on any atom is -0.507 e. The SMILES string of the molecule is COCCCN1C(=O)C(=O)/C(=C(\O)c2cccc([N+](=O)[O-])c2)C1c1ccccc1OC(C)C. The van der Waals surface area contributed by atoms with E-state index in [2.05, 4.69) is 0 Å². The molecule has 1 aliphatic heterocycles. The maximum atomic E-state index is 13.1. The van der Waals surface area contributed by atoms with E-state index in [1.165, 1.54) is 29.2 Å². The number of aliphatic hydroxyl groups is 1. The minimum absolute atomic E-state index is 0.0753. The van der Waals surface area contributed by atoms with Crippen molar-refractivity contribution < 1.29 is 29.1 Å². The molecule has 2 aromatic carbocycles. The fourth-order valence-electron chi connectivity index (χ4n) is 3.80. The molecule has 0 saturated carbocycles. The number of hydrogen-bond acceptors (Lipinski definition) is 7. The molecule has 1 amide bonds. The van der Waals surface area contributed by atoms with E-state index in [0.29, 0.717) is 24.3 Å². The molecular formula is C24H26N2O7. The predicted octanol–water partition coefficient (Wildman–Crippen LogP) is 3.84. The molecule has 3 rings (SSSR count). The molecule has 0 aliphatic carbocycles. The van der Waals surface area contributed by atoms with Crippen LogP contribution in [0.15, 0.2) is 54.1 Å². The molecule has 9 nitrogen and oxygen atoms in total. The van der Waals surface area contributed by atoms with Gasteiger partial charge in [0.25, 0.3) is 17.4 Å². The van der Waals surface area contributed by atoms with E-state index in [4.69, 9.17) is 9.47 Å². The second-order valence-corrected chi connectivity index (χ2v) is 7.85. The summed E-state index contributed by atoms with van der Waals surface area (Å²) in [6, 6.07) is 11.4. The molecule has 0 spiro atoms. The molecule has 0 radical (unpaired) electrons. The smallest absolute Gasteiger partial charge is 0.295 e. The van der Waals surface area contributed by atoms with Crippen molar-refractivity contribution >= 4 is 23.1 Å². The van der Waals surface area contributed by atoms with Gasteiger partial charge in [0.05, 0.1) is 22.6 Å². The molecule has 0 aromatic heterocycles. The van der Waals surface area contributed by atoms with Gasteiger partial charge in [0.1, 0.15) is 11.5 Å². The summed E-state index contributed by atoms with van der Waals surface area (Å²) in [5.74, 6) is -1.63. The fraction of sp³-hybridized carbons (Fsp3) is 0.333. The number of rotatable bonds is 9. The number of likely N-dealkylation sites (tertiary alicyclic amines) is 1. The lowest BCUT2D eigenvalue weighted by Gasteiger charge is -2.27. The van der Waals surface area contributed by atoms with Gasteiger partial charge in [0, 0.05) is 43.5 Å². The first kappa shape index (κ1) is 23.9. The Hall–Kier alpha value is -3.72. The van der Waals surface area contributed by atoms with Crippen molar-refractivity contribution in [1.29, 1.82) is 0 Å². The van der Waals surface area contributed by atoms with Gasteiger partial charge in [-0.1, -0.05) is 30.3 Å².